The number of hydrogen-bond acceptors (Lipinski definition) is 4. The van der Waals surface area contributed by atoms with Gasteiger partial charge in [-0.1, -0.05) is 24.3 Å². The van der Waals surface area contributed by atoms with Crippen LogP contribution in [-0.4, -0.2) is 45.6 Å². The second kappa shape index (κ2) is 10.3. The smallest absolute Gasteiger partial charge is 0.410 e. The van der Waals surface area contributed by atoms with Crippen molar-refractivity contribution in [2.45, 2.75) is 52.2 Å². The van der Waals surface area contributed by atoms with Gasteiger partial charge in [-0.05, 0) is 51.8 Å². The van der Waals surface area contributed by atoms with Crippen LogP contribution in [0.4, 0.5) is 18.0 Å². The molecule has 3 heterocycles. The normalized spacial score (nSPS) is 15.0. The molecule has 2 amide bonds. The fraction of sp³-hybridized carbons (Fsp3) is 0.370. The summed E-state index contributed by atoms with van der Waals surface area (Å²) in [5.41, 5.74) is 1.49. The average Bonchev–Trinajstić information content (AvgIpc) is 3.31. The minimum absolute atomic E-state index is 0.0274. The van der Waals surface area contributed by atoms with Crippen LogP contribution in [-0.2, 0) is 4.74 Å². The van der Waals surface area contributed by atoms with Crippen molar-refractivity contribution >= 4 is 28.6 Å². The summed E-state index contributed by atoms with van der Waals surface area (Å²) in [5.74, 6) is -1.54. The zero-order chi connectivity index (χ0) is 26.9. The minimum atomic E-state index is -2.96. The van der Waals surface area contributed by atoms with Crippen LogP contribution in [0.25, 0.3) is 16.6 Å². The molecule has 1 aliphatic rings. The monoisotopic (exact) mass is 514 g/mol. The number of rotatable bonds is 5. The van der Waals surface area contributed by atoms with E-state index in [4.69, 9.17) is 4.74 Å². The summed E-state index contributed by atoms with van der Waals surface area (Å²) in [6.45, 7) is 7.74. The second-order valence-corrected chi connectivity index (χ2v) is 9.94. The van der Waals surface area contributed by atoms with Gasteiger partial charge >= 0.3 is 6.09 Å². The molecule has 0 saturated carbocycles. The van der Waals surface area contributed by atoms with Crippen LogP contribution < -0.4 is 5.32 Å². The summed E-state index contributed by atoms with van der Waals surface area (Å²) in [6, 6.07) is 6.26. The molecule has 7 nitrogen and oxygen atoms in total. The highest BCUT2D eigenvalue weighted by atomic mass is 19.3. The van der Waals surface area contributed by atoms with E-state index in [1.54, 1.807) is 23.2 Å². The largest absolute Gasteiger partial charge is 0.444 e. The first-order chi connectivity index (χ1) is 17.4. The molecule has 0 unspecified atom stereocenters. The number of pyridine rings is 1. The topological polar surface area (TPSA) is 87.3 Å². The summed E-state index contributed by atoms with van der Waals surface area (Å²) < 4.78 is 46.3. The van der Waals surface area contributed by atoms with Crippen molar-refractivity contribution in [3.63, 3.8) is 0 Å². The lowest BCUT2D eigenvalue weighted by molar-refractivity contribution is 0.0270. The zero-order valence-corrected chi connectivity index (χ0v) is 21.1. The van der Waals surface area contributed by atoms with Crippen LogP contribution in [0.15, 0.2) is 42.6 Å². The van der Waals surface area contributed by atoms with E-state index in [1.807, 2.05) is 26.8 Å². The van der Waals surface area contributed by atoms with Crippen molar-refractivity contribution in [2.75, 3.05) is 13.1 Å². The minimum Gasteiger partial charge on any atom is -0.444 e. The Hall–Kier alpha value is -3.82. The van der Waals surface area contributed by atoms with Gasteiger partial charge in [-0.2, -0.15) is 0 Å². The first-order valence-corrected chi connectivity index (χ1v) is 12.0. The van der Waals surface area contributed by atoms with Crippen molar-refractivity contribution in [2.24, 2.45) is 0 Å². The molecule has 4 rings (SSSR count). The van der Waals surface area contributed by atoms with Crippen molar-refractivity contribution in [1.29, 1.82) is 0 Å². The van der Waals surface area contributed by atoms with E-state index in [2.05, 4.69) is 15.3 Å². The Morgan fingerprint density at radius 3 is 2.57 bits per heavy atom. The maximum Gasteiger partial charge on any atom is 0.410 e. The zero-order valence-electron chi connectivity index (χ0n) is 21.1. The third-order valence-electron chi connectivity index (χ3n) is 6.06. The number of aromatic amines is 1. The van der Waals surface area contributed by atoms with Crippen molar-refractivity contribution in [3.8, 4) is 0 Å². The molecular weight excluding hydrogens is 485 g/mol. The van der Waals surface area contributed by atoms with Gasteiger partial charge in [0.1, 0.15) is 11.4 Å². The maximum atomic E-state index is 14.6. The first-order valence-electron chi connectivity index (χ1n) is 12.0. The fourth-order valence-corrected chi connectivity index (χ4v) is 4.20. The Balaban J connectivity index is 1.57. The standard InChI is InChI=1S/C27H29F3N4O3/c1-15(17-6-5-7-18(22(17)28)24(29)30)32-25(35)19-14-21(33-20-8-11-31-23(19)20)16-9-12-34(13-10-16)26(36)37-27(2,3)4/h5-9,11,14-15,24,31H,10,12-13H2,1-4H3,(H,32,35)/t15-/m1/s1. The lowest BCUT2D eigenvalue weighted by atomic mass is 10.0. The molecule has 1 atom stereocenters. The van der Waals surface area contributed by atoms with Crippen LogP contribution in [0.2, 0.25) is 0 Å². The van der Waals surface area contributed by atoms with Gasteiger partial charge in [-0.15, -0.1) is 0 Å². The van der Waals surface area contributed by atoms with Crippen LogP contribution in [0.1, 0.15) is 73.8 Å². The summed E-state index contributed by atoms with van der Waals surface area (Å²) in [7, 11) is 0. The fourth-order valence-electron chi connectivity index (χ4n) is 4.20. The Kier molecular flexibility index (Phi) is 7.29. The van der Waals surface area contributed by atoms with Crippen LogP contribution in [0.3, 0.4) is 0 Å². The maximum absolute atomic E-state index is 14.6. The summed E-state index contributed by atoms with van der Waals surface area (Å²) in [5, 5.41) is 2.71. The number of carbonyl (C=O) groups excluding carboxylic acids is 2. The van der Waals surface area contributed by atoms with E-state index < -0.39 is 41.4 Å². The molecule has 37 heavy (non-hydrogen) atoms. The van der Waals surface area contributed by atoms with E-state index in [0.717, 1.165) is 11.6 Å². The number of halogens is 3. The molecule has 1 aliphatic heterocycles. The number of carbonyl (C=O) groups is 2. The Bertz CT molecular complexity index is 1360. The van der Waals surface area contributed by atoms with E-state index in [1.165, 1.54) is 19.1 Å². The molecular formula is C27H29F3N4O3. The van der Waals surface area contributed by atoms with E-state index in [-0.39, 0.29) is 11.1 Å². The summed E-state index contributed by atoms with van der Waals surface area (Å²) in [4.78, 5) is 34.9. The van der Waals surface area contributed by atoms with Crippen LogP contribution in [0, 0.1) is 5.82 Å². The van der Waals surface area contributed by atoms with Crippen molar-refractivity contribution in [3.05, 3.63) is 70.8 Å². The van der Waals surface area contributed by atoms with Gasteiger partial charge in [0.2, 0.25) is 0 Å². The Morgan fingerprint density at radius 2 is 1.92 bits per heavy atom. The van der Waals surface area contributed by atoms with Gasteiger partial charge in [0.05, 0.1) is 33.9 Å². The molecule has 3 aromatic rings. The van der Waals surface area contributed by atoms with Gasteiger partial charge in [0.25, 0.3) is 12.3 Å². The summed E-state index contributed by atoms with van der Waals surface area (Å²) >= 11 is 0. The number of hydrogen-bond donors (Lipinski definition) is 2. The molecule has 0 bridgehead atoms. The molecule has 0 aliphatic carbocycles. The van der Waals surface area contributed by atoms with Crippen molar-refractivity contribution < 1.29 is 27.5 Å². The molecule has 2 N–H and O–H groups in total. The van der Waals surface area contributed by atoms with Crippen LogP contribution >= 0.6 is 0 Å². The number of aromatic nitrogens is 2. The Labute approximate surface area is 212 Å². The molecule has 10 heteroatoms. The number of ether oxygens (including phenoxy) is 1. The molecule has 0 radical (unpaired) electrons. The number of fused-ring (bicyclic) bond motifs is 1. The molecule has 0 saturated heterocycles. The SMILES string of the molecule is C[C@@H](NC(=O)c1cc(C2=CCN(C(=O)OC(C)(C)C)CC2)nc2cc[nH]c12)c1cccc(C(F)F)c1F. The quantitative estimate of drug-likeness (QED) is 0.427. The highest BCUT2D eigenvalue weighted by Crippen LogP contribution is 2.29. The third-order valence-corrected chi connectivity index (χ3v) is 6.06. The number of nitrogens with zero attached hydrogens (tertiary/aromatic N) is 2. The van der Waals surface area contributed by atoms with Gasteiger partial charge in [0, 0.05) is 24.8 Å². The van der Waals surface area contributed by atoms with E-state index >= 15 is 0 Å². The van der Waals surface area contributed by atoms with Crippen molar-refractivity contribution in [1.82, 2.24) is 20.2 Å². The van der Waals surface area contributed by atoms with Crippen LogP contribution in [0.5, 0.6) is 0 Å². The predicted octanol–water partition coefficient (Wildman–Crippen LogP) is 6.15. The molecule has 1 aromatic carbocycles. The molecule has 2 aromatic heterocycles. The predicted molar refractivity (Wildman–Crippen MR) is 134 cm³/mol. The van der Waals surface area contributed by atoms with Gasteiger partial charge in [-0.25, -0.2) is 22.9 Å². The summed E-state index contributed by atoms with van der Waals surface area (Å²) in [6.07, 6.45) is 0.704. The second-order valence-electron chi connectivity index (χ2n) is 9.94. The first kappa shape index (κ1) is 26.2. The number of amides is 2. The molecule has 0 spiro atoms. The highest BCUT2D eigenvalue weighted by Gasteiger charge is 2.26. The lowest BCUT2D eigenvalue weighted by Gasteiger charge is -2.29. The third kappa shape index (κ3) is 5.79. The number of H-pyrrole nitrogens is 1. The van der Waals surface area contributed by atoms with Gasteiger partial charge in [-0.3, -0.25) is 4.79 Å². The van der Waals surface area contributed by atoms with Gasteiger partial charge < -0.3 is 19.9 Å². The highest BCUT2D eigenvalue weighted by molar-refractivity contribution is 6.05. The molecule has 0 fully saturated rings. The van der Waals surface area contributed by atoms with E-state index in [0.29, 0.717) is 36.2 Å². The Morgan fingerprint density at radius 1 is 1.19 bits per heavy atom. The number of alkyl halides is 2. The van der Waals surface area contributed by atoms with Gasteiger partial charge in [0.15, 0.2) is 0 Å². The number of benzene rings is 1. The molecule has 196 valence electrons. The average molecular weight is 515 g/mol. The number of nitrogens with one attached hydrogen (secondary N) is 2. The lowest BCUT2D eigenvalue weighted by Crippen LogP contribution is -2.39. The van der Waals surface area contributed by atoms with E-state index in [9.17, 15) is 22.8 Å².